The monoisotopic (exact) mass is 419 g/mol. The van der Waals surface area contributed by atoms with Crippen LogP contribution in [0.15, 0.2) is 103 Å². The summed E-state index contributed by atoms with van der Waals surface area (Å²) in [6.45, 7) is 0. The van der Waals surface area contributed by atoms with Gasteiger partial charge in [0.15, 0.2) is 0 Å². The maximum Gasteiger partial charge on any atom is 0.256 e. The molecule has 0 radical (unpaired) electrons. The molecule has 32 heavy (non-hydrogen) atoms. The molecule has 4 nitrogen and oxygen atoms in total. The summed E-state index contributed by atoms with van der Waals surface area (Å²) in [6, 6.07) is 26.7. The van der Waals surface area contributed by atoms with Gasteiger partial charge in [-0.1, -0.05) is 48.5 Å². The van der Waals surface area contributed by atoms with Gasteiger partial charge in [0, 0.05) is 28.9 Å². The average molecular weight is 419 g/mol. The molecule has 0 aliphatic heterocycles. The zero-order valence-electron chi connectivity index (χ0n) is 17.0. The lowest BCUT2D eigenvalue weighted by Crippen LogP contribution is -2.14. The van der Waals surface area contributed by atoms with Crippen LogP contribution in [0, 0.1) is 5.82 Å². The van der Waals surface area contributed by atoms with E-state index in [1.165, 1.54) is 18.2 Å². The highest BCUT2D eigenvalue weighted by atomic mass is 19.1. The van der Waals surface area contributed by atoms with Gasteiger partial charge in [-0.2, -0.15) is 0 Å². The van der Waals surface area contributed by atoms with E-state index in [2.05, 4.69) is 15.3 Å². The molecular weight excluding hydrogens is 401 g/mol. The average Bonchev–Trinajstić information content (AvgIpc) is 2.85. The van der Waals surface area contributed by atoms with Crippen LogP contribution in [0.25, 0.3) is 33.3 Å². The Hall–Kier alpha value is -4.38. The second-order valence-corrected chi connectivity index (χ2v) is 7.29. The number of nitrogens with zero attached hydrogens (tertiary/aromatic N) is 2. The summed E-state index contributed by atoms with van der Waals surface area (Å²) in [5.41, 5.74) is 4.45. The number of amides is 1. The number of aromatic nitrogens is 2. The molecule has 5 heteroatoms. The van der Waals surface area contributed by atoms with Gasteiger partial charge in [-0.3, -0.25) is 14.8 Å². The van der Waals surface area contributed by atoms with Crippen LogP contribution in [0.1, 0.15) is 10.4 Å². The van der Waals surface area contributed by atoms with Gasteiger partial charge in [-0.25, -0.2) is 4.39 Å². The lowest BCUT2D eigenvalue weighted by Gasteiger charge is -2.15. The fourth-order valence-corrected chi connectivity index (χ4v) is 3.80. The highest BCUT2D eigenvalue weighted by Gasteiger charge is 2.18. The van der Waals surface area contributed by atoms with Crippen molar-refractivity contribution in [3.63, 3.8) is 0 Å². The van der Waals surface area contributed by atoms with E-state index in [1.807, 2.05) is 66.7 Å². The Kier molecular flexibility index (Phi) is 5.14. The normalized spacial score (nSPS) is 10.8. The Balaban J connectivity index is 1.60. The molecule has 0 unspecified atom stereocenters. The minimum Gasteiger partial charge on any atom is -0.320 e. The van der Waals surface area contributed by atoms with Gasteiger partial charge in [-0.15, -0.1) is 0 Å². The molecule has 0 fully saturated rings. The Morgan fingerprint density at radius 2 is 1.50 bits per heavy atom. The molecule has 2 heterocycles. The topological polar surface area (TPSA) is 54.9 Å². The number of carbonyl (C=O) groups is 1. The van der Waals surface area contributed by atoms with Crippen LogP contribution < -0.4 is 5.32 Å². The smallest absolute Gasteiger partial charge is 0.256 e. The van der Waals surface area contributed by atoms with Gasteiger partial charge < -0.3 is 5.32 Å². The Bertz CT molecular complexity index is 1430. The largest absolute Gasteiger partial charge is 0.320 e. The van der Waals surface area contributed by atoms with E-state index in [0.717, 1.165) is 22.2 Å². The molecule has 0 spiro atoms. The highest BCUT2D eigenvalue weighted by molar-refractivity contribution is 6.12. The Morgan fingerprint density at radius 1 is 0.719 bits per heavy atom. The quantitative estimate of drug-likeness (QED) is 0.369. The van der Waals surface area contributed by atoms with Crippen LogP contribution in [0.3, 0.4) is 0 Å². The number of nitrogens with one attached hydrogen (secondary N) is 1. The first kappa shape index (κ1) is 19.6. The van der Waals surface area contributed by atoms with E-state index in [4.69, 9.17) is 0 Å². The summed E-state index contributed by atoms with van der Waals surface area (Å²) < 4.78 is 14.3. The van der Waals surface area contributed by atoms with Crippen molar-refractivity contribution in [1.29, 1.82) is 0 Å². The summed E-state index contributed by atoms with van der Waals surface area (Å²) in [5, 5.41) is 3.87. The Morgan fingerprint density at radius 3 is 2.34 bits per heavy atom. The molecule has 0 saturated heterocycles. The van der Waals surface area contributed by atoms with E-state index in [0.29, 0.717) is 22.3 Å². The predicted octanol–water partition coefficient (Wildman–Crippen LogP) is 6.36. The van der Waals surface area contributed by atoms with Gasteiger partial charge in [0.05, 0.1) is 16.9 Å². The van der Waals surface area contributed by atoms with Crippen LogP contribution in [0.4, 0.5) is 10.1 Å². The summed E-state index contributed by atoms with van der Waals surface area (Å²) in [4.78, 5) is 22.2. The number of rotatable bonds is 4. The molecule has 0 aliphatic rings. The second kappa shape index (κ2) is 8.40. The number of benzene rings is 3. The lowest BCUT2D eigenvalue weighted by molar-refractivity contribution is 0.102. The van der Waals surface area contributed by atoms with E-state index in [1.54, 1.807) is 18.5 Å². The Labute approximate surface area is 184 Å². The lowest BCUT2D eigenvalue weighted by atomic mass is 9.93. The first-order chi connectivity index (χ1) is 15.7. The zero-order valence-corrected chi connectivity index (χ0v) is 17.0. The van der Waals surface area contributed by atoms with E-state index in [-0.39, 0.29) is 5.91 Å². The first-order valence-corrected chi connectivity index (χ1v) is 10.2. The molecular formula is C27H18FN3O. The maximum atomic E-state index is 14.3. The summed E-state index contributed by atoms with van der Waals surface area (Å²) >= 11 is 0. The van der Waals surface area contributed by atoms with Crippen LogP contribution in [-0.2, 0) is 0 Å². The van der Waals surface area contributed by atoms with Crippen LogP contribution in [0.2, 0.25) is 0 Å². The van der Waals surface area contributed by atoms with Gasteiger partial charge >= 0.3 is 0 Å². The molecule has 5 aromatic rings. The van der Waals surface area contributed by atoms with E-state index < -0.39 is 5.82 Å². The van der Waals surface area contributed by atoms with Crippen molar-refractivity contribution in [1.82, 2.24) is 9.97 Å². The number of hydrogen-bond acceptors (Lipinski definition) is 3. The third-order valence-corrected chi connectivity index (χ3v) is 5.27. The second-order valence-electron chi connectivity index (χ2n) is 7.29. The summed E-state index contributed by atoms with van der Waals surface area (Å²) in [7, 11) is 0. The third-order valence-electron chi connectivity index (χ3n) is 5.27. The number of para-hydroxylation sites is 1. The fraction of sp³-hybridized carbons (Fsp3) is 0. The van der Waals surface area contributed by atoms with Crippen LogP contribution in [0.5, 0.6) is 0 Å². The molecule has 2 aromatic heterocycles. The highest BCUT2D eigenvalue weighted by Crippen LogP contribution is 2.34. The van der Waals surface area contributed by atoms with Crippen molar-refractivity contribution >= 4 is 22.5 Å². The fourth-order valence-electron chi connectivity index (χ4n) is 3.80. The molecule has 1 N–H and O–H groups in total. The third kappa shape index (κ3) is 3.72. The molecule has 1 amide bonds. The van der Waals surface area contributed by atoms with Crippen molar-refractivity contribution in [3.8, 4) is 22.4 Å². The summed E-state index contributed by atoms with van der Waals surface area (Å²) in [5.74, 6) is -0.756. The van der Waals surface area contributed by atoms with Crippen molar-refractivity contribution in [2.45, 2.75) is 0 Å². The minimum absolute atomic E-state index is 0.339. The van der Waals surface area contributed by atoms with Crippen molar-refractivity contribution in [2.75, 3.05) is 5.32 Å². The van der Waals surface area contributed by atoms with Crippen molar-refractivity contribution < 1.29 is 9.18 Å². The first-order valence-electron chi connectivity index (χ1n) is 10.2. The number of anilines is 1. The molecule has 0 atom stereocenters. The number of hydrogen-bond donors (Lipinski definition) is 1. The number of carbonyl (C=O) groups excluding carboxylic acids is 1. The summed E-state index contributed by atoms with van der Waals surface area (Å²) in [6.07, 6.45) is 3.39. The van der Waals surface area contributed by atoms with Crippen LogP contribution in [-0.4, -0.2) is 15.9 Å². The van der Waals surface area contributed by atoms with Crippen molar-refractivity contribution in [2.24, 2.45) is 0 Å². The van der Waals surface area contributed by atoms with E-state index >= 15 is 0 Å². The SMILES string of the molecule is O=C(Nc1cccc2cccnc12)c1ccc(F)cc1-c1ccccc1-c1ccccn1. The van der Waals surface area contributed by atoms with Gasteiger partial charge in [0.2, 0.25) is 0 Å². The zero-order chi connectivity index (χ0) is 21.9. The number of halogens is 1. The molecule has 0 bridgehead atoms. The number of fused-ring (bicyclic) bond motifs is 1. The van der Waals surface area contributed by atoms with Gasteiger partial charge in [0.25, 0.3) is 5.91 Å². The maximum absolute atomic E-state index is 14.3. The predicted molar refractivity (Wildman–Crippen MR) is 125 cm³/mol. The molecule has 0 saturated carbocycles. The van der Waals surface area contributed by atoms with Crippen LogP contribution >= 0.6 is 0 Å². The minimum atomic E-state index is -0.417. The van der Waals surface area contributed by atoms with E-state index in [9.17, 15) is 9.18 Å². The molecule has 5 rings (SSSR count). The number of pyridine rings is 2. The van der Waals surface area contributed by atoms with Gasteiger partial charge in [0.1, 0.15) is 5.82 Å². The van der Waals surface area contributed by atoms with Crippen molar-refractivity contribution in [3.05, 3.63) is 115 Å². The molecule has 154 valence electrons. The standard InChI is InChI=1S/C27H18FN3O/c28-19-13-14-22(27(32)31-25-12-5-7-18-8-6-16-30-26(18)25)23(17-19)20-9-1-2-10-21(20)24-11-3-4-15-29-24/h1-17H,(H,31,32). The molecule has 0 aliphatic carbocycles. The van der Waals surface area contributed by atoms with Gasteiger partial charge in [-0.05, 0) is 53.6 Å². The molecule has 3 aromatic carbocycles.